The Morgan fingerprint density at radius 3 is 2.44 bits per heavy atom. The Labute approximate surface area is 104 Å². The Kier molecular flexibility index (Phi) is 3.37. The van der Waals surface area contributed by atoms with E-state index in [2.05, 4.69) is 4.52 Å². The van der Waals surface area contributed by atoms with E-state index in [9.17, 15) is 17.8 Å². The third kappa shape index (κ3) is 2.36. The number of rotatable bonds is 3. The first-order valence-corrected chi connectivity index (χ1v) is 8.20. The zero-order chi connectivity index (χ0) is 13.6. The van der Waals surface area contributed by atoms with Crippen molar-refractivity contribution in [3.63, 3.8) is 0 Å². The summed E-state index contributed by atoms with van der Waals surface area (Å²) in [6.45, 7) is -0.960. The highest BCUT2D eigenvalue weighted by atomic mass is 32.2. The molecule has 10 heteroatoms. The average molecular weight is 297 g/mol. The van der Waals surface area contributed by atoms with Crippen molar-refractivity contribution in [2.45, 2.75) is 25.7 Å². The van der Waals surface area contributed by atoms with Crippen LogP contribution in [-0.4, -0.2) is 35.1 Å². The summed E-state index contributed by atoms with van der Waals surface area (Å²) < 4.78 is 39.0. The smallest absolute Gasteiger partial charge is 0.303 e. The van der Waals surface area contributed by atoms with Gasteiger partial charge < -0.3 is 9.79 Å². The van der Waals surface area contributed by atoms with Crippen LogP contribution in [0.1, 0.15) is 25.7 Å². The number of hydrogen-bond acceptors (Lipinski definition) is 5. The Morgan fingerprint density at radius 1 is 1.28 bits per heavy atom. The number of phosphoric acid groups is 1. The van der Waals surface area contributed by atoms with E-state index in [1.165, 1.54) is 0 Å². The molecule has 0 aromatic heterocycles. The van der Waals surface area contributed by atoms with Crippen LogP contribution in [0.2, 0.25) is 0 Å². The van der Waals surface area contributed by atoms with Crippen LogP contribution in [0.3, 0.4) is 0 Å². The van der Waals surface area contributed by atoms with Gasteiger partial charge in [-0.15, -0.1) is 0 Å². The lowest BCUT2D eigenvalue weighted by Gasteiger charge is -2.16. The summed E-state index contributed by atoms with van der Waals surface area (Å²) in [6, 6.07) is 0. The highest BCUT2D eigenvalue weighted by Gasteiger charge is 2.44. The first kappa shape index (κ1) is 13.7. The molecule has 0 aromatic rings. The summed E-state index contributed by atoms with van der Waals surface area (Å²) in [4.78, 5) is 29.0. The first-order valence-electron chi connectivity index (χ1n) is 5.22. The predicted molar refractivity (Wildman–Crippen MR) is 59.3 cm³/mol. The number of allylic oxidation sites excluding steroid dienone is 1. The van der Waals surface area contributed by atoms with Crippen LogP contribution in [0.25, 0.3) is 0 Å². The molecule has 0 radical (unpaired) electrons. The van der Waals surface area contributed by atoms with Gasteiger partial charge in [0.25, 0.3) is 15.9 Å². The molecule has 2 aliphatic rings. The number of amides is 1. The number of phosphoric ester groups is 1. The second-order valence-corrected chi connectivity index (χ2v) is 7.14. The van der Waals surface area contributed by atoms with Crippen LogP contribution in [0.15, 0.2) is 10.5 Å². The van der Waals surface area contributed by atoms with E-state index in [1.807, 2.05) is 0 Å². The second kappa shape index (κ2) is 4.43. The SMILES string of the molecule is O=C1C2=C(CCCC2)S(=O)(=O)N1COP(=O)(O)O. The molecule has 1 heterocycles. The molecule has 2 N–H and O–H groups in total. The minimum Gasteiger partial charge on any atom is -0.303 e. The number of hydrogen-bond donors (Lipinski definition) is 2. The fraction of sp³-hybridized carbons (Fsp3) is 0.625. The number of sulfonamides is 1. The molecule has 1 aliphatic heterocycles. The third-order valence-corrected chi connectivity index (χ3v) is 5.22. The van der Waals surface area contributed by atoms with Crippen molar-refractivity contribution in [3.8, 4) is 0 Å². The lowest BCUT2D eigenvalue weighted by atomic mass is 9.99. The molecule has 18 heavy (non-hydrogen) atoms. The molecule has 0 saturated heterocycles. The van der Waals surface area contributed by atoms with Crippen LogP contribution >= 0.6 is 7.82 Å². The van der Waals surface area contributed by atoms with Crippen molar-refractivity contribution >= 4 is 23.8 Å². The van der Waals surface area contributed by atoms with Gasteiger partial charge in [0.1, 0.15) is 6.73 Å². The lowest BCUT2D eigenvalue weighted by molar-refractivity contribution is -0.124. The second-order valence-electron chi connectivity index (χ2n) is 4.02. The van der Waals surface area contributed by atoms with Crippen LogP contribution in [-0.2, 0) is 23.9 Å². The normalized spacial score (nSPS) is 23.4. The standard InChI is InChI=1S/C8H12NO7PS/c10-8-6-3-1-2-4-7(6)18(14,15)9(8)5-16-17(11,12)13/h1-5H2,(H2,11,12,13). The first-order chi connectivity index (χ1) is 8.23. The molecule has 2 rings (SSSR count). The van der Waals surface area contributed by atoms with E-state index in [0.717, 1.165) is 6.42 Å². The van der Waals surface area contributed by atoms with Gasteiger partial charge in [-0.3, -0.25) is 9.32 Å². The van der Waals surface area contributed by atoms with Gasteiger partial charge in [0.05, 0.1) is 4.91 Å². The van der Waals surface area contributed by atoms with Gasteiger partial charge in [-0.1, -0.05) is 0 Å². The van der Waals surface area contributed by atoms with Gasteiger partial charge in [0.2, 0.25) is 0 Å². The van der Waals surface area contributed by atoms with E-state index in [-0.39, 0.29) is 16.9 Å². The molecule has 0 aromatic carbocycles. The van der Waals surface area contributed by atoms with Crippen LogP contribution in [0, 0.1) is 0 Å². The summed E-state index contributed by atoms with van der Waals surface area (Å²) in [6.07, 6.45) is 2.07. The van der Waals surface area contributed by atoms with E-state index >= 15 is 0 Å². The van der Waals surface area contributed by atoms with Crippen molar-refractivity contribution in [3.05, 3.63) is 10.5 Å². The number of nitrogens with zero attached hydrogens (tertiary/aromatic N) is 1. The summed E-state index contributed by atoms with van der Waals surface area (Å²) >= 11 is 0. The molecular formula is C8H12NO7PS. The Balaban J connectivity index is 2.26. The fourth-order valence-corrected chi connectivity index (χ4v) is 4.07. The van der Waals surface area contributed by atoms with E-state index in [0.29, 0.717) is 17.1 Å². The monoisotopic (exact) mass is 297 g/mol. The zero-order valence-electron chi connectivity index (χ0n) is 9.27. The maximum Gasteiger partial charge on any atom is 0.471 e. The third-order valence-electron chi connectivity index (χ3n) is 2.85. The number of carbonyl (C=O) groups is 1. The van der Waals surface area contributed by atoms with Gasteiger partial charge >= 0.3 is 7.82 Å². The van der Waals surface area contributed by atoms with Crippen molar-refractivity contribution in [2.24, 2.45) is 0 Å². The maximum atomic E-state index is 12.0. The lowest BCUT2D eigenvalue weighted by Crippen LogP contribution is -2.33. The Bertz CT molecular complexity index is 560. The fourth-order valence-electron chi connectivity index (χ4n) is 2.04. The predicted octanol–water partition coefficient (Wildman–Crippen LogP) is 0.0533. The molecular weight excluding hydrogens is 285 g/mol. The molecule has 0 unspecified atom stereocenters. The Morgan fingerprint density at radius 2 is 1.89 bits per heavy atom. The molecule has 1 aliphatic carbocycles. The van der Waals surface area contributed by atoms with Crippen molar-refractivity contribution in [1.29, 1.82) is 0 Å². The topological polar surface area (TPSA) is 121 Å². The van der Waals surface area contributed by atoms with E-state index in [1.54, 1.807) is 0 Å². The Hall–Kier alpha value is -0.730. The summed E-state index contributed by atoms with van der Waals surface area (Å²) in [7, 11) is -8.78. The molecule has 102 valence electrons. The van der Waals surface area contributed by atoms with Crippen LogP contribution in [0.4, 0.5) is 0 Å². The molecule has 0 spiro atoms. The minimum atomic E-state index is -4.82. The minimum absolute atomic E-state index is 0.0630. The van der Waals surface area contributed by atoms with Gasteiger partial charge in [-0.05, 0) is 25.7 Å². The van der Waals surface area contributed by atoms with Gasteiger partial charge in [0.15, 0.2) is 0 Å². The highest BCUT2D eigenvalue weighted by molar-refractivity contribution is 7.94. The molecule has 0 saturated carbocycles. The highest BCUT2D eigenvalue weighted by Crippen LogP contribution is 2.40. The molecule has 0 atom stereocenters. The molecule has 0 fully saturated rings. The van der Waals surface area contributed by atoms with E-state index in [4.69, 9.17) is 9.79 Å². The summed E-state index contributed by atoms with van der Waals surface area (Å²) in [5, 5.41) is 0. The van der Waals surface area contributed by atoms with Gasteiger partial charge in [-0.2, -0.15) is 0 Å². The van der Waals surface area contributed by atoms with Crippen LogP contribution in [0.5, 0.6) is 0 Å². The molecule has 8 nitrogen and oxygen atoms in total. The van der Waals surface area contributed by atoms with Crippen molar-refractivity contribution in [2.75, 3.05) is 6.73 Å². The molecule has 1 amide bonds. The largest absolute Gasteiger partial charge is 0.471 e. The average Bonchev–Trinajstić information content (AvgIpc) is 2.45. The molecule has 0 bridgehead atoms. The maximum absolute atomic E-state index is 12.0. The van der Waals surface area contributed by atoms with Crippen LogP contribution < -0.4 is 0 Å². The van der Waals surface area contributed by atoms with Crippen molar-refractivity contribution < 1.29 is 32.1 Å². The quantitative estimate of drug-likeness (QED) is 0.706. The van der Waals surface area contributed by atoms with Gasteiger partial charge in [0, 0.05) is 5.57 Å². The van der Waals surface area contributed by atoms with Gasteiger partial charge in [-0.25, -0.2) is 17.3 Å². The summed E-state index contributed by atoms with van der Waals surface area (Å²) in [5.74, 6) is -0.738. The zero-order valence-corrected chi connectivity index (χ0v) is 11.0. The van der Waals surface area contributed by atoms with Crippen molar-refractivity contribution in [1.82, 2.24) is 4.31 Å². The number of carbonyl (C=O) groups excluding carboxylic acids is 1. The van der Waals surface area contributed by atoms with E-state index < -0.39 is 30.5 Å². The summed E-state index contributed by atoms with van der Waals surface area (Å²) in [5.41, 5.74) is 0.218.